The maximum atomic E-state index is 12.5. The number of ether oxygens (including phenoxy) is 2. The van der Waals surface area contributed by atoms with Gasteiger partial charge in [0.25, 0.3) is 0 Å². The number of benzene rings is 2. The normalized spacial score (nSPS) is 16.2. The summed E-state index contributed by atoms with van der Waals surface area (Å²) in [6.07, 6.45) is 1.20. The predicted octanol–water partition coefficient (Wildman–Crippen LogP) is 4.71. The topological polar surface area (TPSA) is 77.7 Å². The van der Waals surface area contributed by atoms with E-state index < -0.39 is 0 Å². The van der Waals surface area contributed by atoms with E-state index in [1.807, 2.05) is 43.3 Å². The van der Waals surface area contributed by atoms with Crippen LogP contribution in [-0.4, -0.2) is 36.3 Å². The Morgan fingerprint density at radius 3 is 2.83 bits per heavy atom. The Labute approximate surface area is 179 Å². The van der Waals surface area contributed by atoms with Crippen LogP contribution in [0.3, 0.4) is 0 Å². The molecule has 0 aliphatic carbocycles. The fraction of sp³-hybridized carbons (Fsp3) is 0.318. The Hall–Kier alpha value is -3.06. The van der Waals surface area contributed by atoms with E-state index in [2.05, 4.69) is 10.1 Å². The molecule has 8 heteroatoms. The number of methoxy groups -OCH3 is 1. The molecule has 1 aliphatic heterocycles. The molecule has 0 N–H and O–H groups in total. The van der Waals surface area contributed by atoms with Gasteiger partial charge in [-0.25, -0.2) is 0 Å². The number of rotatable bonds is 7. The van der Waals surface area contributed by atoms with Crippen molar-refractivity contribution in [2.75, 3.05) is 25.2 Å². The zero-order chi connectivity index (χ0) is 21.1. The number of nitrogens with zero attached hydrogens (tertiary/aromatic N) is 3. The van der Waals surface area contributed by atoms with E-state index in [1.54, 1.807) is 18.1 Å². The molecule has 1 aliphatic rings. The molecule has 0 spiro atoms. The van der Waals surface area contributed by atoms with Crippen molar-refractivity contribution in [1.82, 2.24) is 10.1 Å². The molecule has 156 valence electrons. The fourth-order valence-electron chi connectivity index (χ4n) is 3.43. The smallest absolute Gasteiger partial charge is 0.232 e. The third-order valence-corrected chi connectivity index (χ3v) is 5.26. The van der Waals surface area contributed by atoms with Crippen LogP contribution >= 0.6 is 11.6 Å². The van der Waals surface area contributed by atoms with Crippen LogP contribution in [0.15, 0.2) is 47.0 Å². The van der Waals surface area contributed by atoms with Gasteiger partial charge >= 0.3 is 0 Å². The first-order valence-corrected chi connectivity index (χ1v) is 10.2. The van der Waals surface area contributed by atoms with Gasteiger partial charge in [0.15, 0.2) is 11.5 Å². The number of carbonyl (C=O) groups is 1. The standard InChI is InChI=1S/C22H22ClN3O4/c1-3-10-29-18-9-8-14(11-19(18)28-2)21-24-22(30-25-21)15-12-20(27)26(13-15)17-7-5-4-6-16(17)23/h4-9,11,15H,3,10,12-13H2,1-2H3. The molecule has 1 saturated heterocycles. The Kier molecular flexibility index (Phi) is 5.90. The van der Waals surface area contributed by atoms with Crippen LogP contribution in [0.4, 0.5) is 5.69 Å². The lowest BCUT2D eigenvalue weighted by molar-refractivity contribution is -0.117. The van der Waals surface area contributed by atoms with Gasteiger partial charge < -0.3 is 18.9 Å². The minimum absolute atomic E-state index is 0.0213. The van der Waals surface area contributed by atoms with Gasteiger partial charge in [-0.05, 0) is 36.8 Å². The van der Waals surface area contributed by atoms with Gasteiger partial charge in [-0.2, -0.15) is 4.98 Å². The first-order chi connectivity index (χ1) is 14.6. The molecule has 1 aromatic heterocycles. The lowest BCUT2D eigenvalue weighted by Crippen LogP contribution is -2.24. The van der Waals surface area contributed by atoms with Crippen LogP contribution in [0.25, 0.3) is 11.4 Å². The minimum atomic E-state index is -0.191. The highest BCUT2D eigenvalue weighted by molar-refractivity contribution is 6.33. The lowest BCUT2D eigenvalue weighted by atomic mass is 10.1. The monoisotopic (exact) mass is 427 g/mol. The molecular formula is C22H22ClN3O4. The van der Waals surface area contributed by atoms with Crippen LogP contribution in [0.2, 0.25) is 5.02 Å². The third kappa shape index (κ3) is 3.98. The average molecular weight is 428 g/mol. The number of anilines is 1. The molecule has 3 aromatic rings. The predicted molar refractivity (Wildman–Crippen MR) is 113 cm³/mol. The summed E-state index contributed by atoms with van der Waals surface area (Å²) in [5.41, 5.74) is 1.44. The van der Waals surface area contributed by atoms with Gasteiger partial charge in [-0.1, -0.05) is 35.8 Å². The number of hydrogen-bond donors (Lipinski definition) is 0. The highest BCUT2D eigenvalue weighted by Crippen LogP contribution is 2.36. The van der Waals surface area contributed by atoms with Crippen LogP contribution in [-0.2, 0) is 4.79 Å². The maximum absolute atomic E-state index is 12.5. The van der Waals surface area contributed by atoms with Crippen molar-refractivity contribution in [1.29, 1.82) is 0 Å². The van der Waals surface area contributed by atoms with E-state index in [9.17, 15) is 4.79 Å². The summed E-state index contributed by atoms with van der Waals surface area (Å²) in [5.74, 6) is 1.93. The number of halogens is 1. The molecule has 0 bridgehead atoms. The quantitative estimate of drug-likeness (QED) is 0.543. The number of aromatic nitrogens is 2. The van der Waals surface area contributed by atoms with E-state index in [-0.39, 0.29) is 11.8 Å². The summed E-state index contributed by atoms with van der Waals surface area (Å²) in [5, 5.41) is 4.64. The van der Waals surface area contributed by atoms with Gasteiger partial charge in [0.05, 0.1) is 30.3 Å². The third-order valence-electron chi connectivity index (χ3n) is 4.94. The number of hydrogen-bond acceptors (Lipinski definition) is 6. The number of carbonyl (C=O) groups excluding carboxylic acids is 1. The molecule has 7 nitrogen and oxygen atoms in total. The minimum Gasteiger partial charge on any atom is -0.493 e. The van der Waals surface area contributed by atoms with Gasteiger partial charge in [0.2, 0.25) is 17.6 Å². The highest BCUT2D eigenvalue weighted by Gasteiger charge is 2.36. The Morgan fingerprint density at radius 2 is 2.07 bits per heavy atom. The van der Waals surface area contributed by atoms with Crippen molar-refractivity contribution < 1.29 is 18.8 Å². The van der Waals surface area contributed by atoms with Gasteiger partial charge in [-0.15, -0.1) is 0 Å². The van der Waals surface area contributed by atoms with E-state index in [4.69, 9.17) is 25.6 Å². The highest BCUT2D eigenvalue weighted by atomic mass is 35.5. The van der Waals surface area contributed by atoms with Gasteiger partial charge in [-0.3, -0.25) is 4.79 Å². The van der Waals surface area contributed by atoms with Crippen LogP contribution in [0.1, 0.15) is 31.6 Å². The zero-order valence-electron chi connectivity index (χ0n) is 16.8. The van der Waals surface area contributed by atoms with E-state index in [1.165, 1.54) is 0 Å². The van der Waals surface area contributed by atoms with E-state index >= 15 is 0 Å². The molecule has 4 rings (SSSR count). The fourth-order valence-corrected chi connectivity index (χ4v) is 3.67. The molecule has 1 amide bonds. The molecule has 0 radical (unpaired) electrons. The van der Waals surface area contributed by atoms with Crippen molar-refractivity contribution in [2.24, 2.45) is 0 Å². The molecular weight excluding hydrogens is 406 g/mol. The van der Waals surface area contributed by atoms with E-state index in [0.717, 1.165) is 12.0 Å². The lowest BCUT2D eigenvalue weighted by Gasteiger charge is -2.17. The number of amides is 1. The van der Waals surface area contributed by atoms with Crippen LogP contribution < -0.4 is 14.4 Å². The van der Waals surface area contributed by atoms with E-state index in [0.29, 0.717) is 53.5 Å². The Bertz CT molecular complexity index is 1050. The summed E-state index contributed by atoms with van der Waals surface area (Å²) in [4.78, 5) is 18.7. The summed E-state index contributed by atoms with van der Waals surface area (Å²) < 4.78 is 16.6. The summed E-state index contributed by atoms with van der Waals surface area (Å²) >= 11 is 6.25. The van der Waals surface area contributed by atoms with Gasteiger partial charge in [0, 0.05) is 18.5 Å². The molecule has 30 heavy (non-hydrogen) atoms. The molecule has 1 unspecified atom stereocenters. The van der Waals surface area contributed by atoms with Crippen molar-refractivity contribution in [3.63, 3.8) is 0 Å². The average Bonchev–Trinajstić information content (AvgIpc) is 3.39. The van der Waals surface area contributed by atoms with Crippen molar-refractivity contribution in [3.05, 3.63) is 53.4 Å². The first kappa shape index (κ1) is 20.2. The Morgan fingerprint density at radius 1 is 1.23 bits per heavy atom. The zero-order valence-corrected chi connectivity index (χ0v) is 17.6. The summed E-state index contributed by atoms with van der Waals surface area (Å²) in [6.45, 7) is 3.10. The van der Waals surface area contributed by atoms with Crippen molar-refractivity contribution >= 4 is 23.2 Å². The second kappa shape index (κ2) is 8.75. The first-order valence-electron chi connectivity index (χ1n) is 9.80. The molecule has 0 saturated carbocycles. The molecule has 1 atom stereocenters. The second-order valence-electron chi connectivity index (χ2n) is 7.03. The second-order valence-corrected chi connectivity index (χ2v) is 7.43. The molecule has 2 aromatic carbocycles. The van der Waals surface area contributed by atoms with Crippen molar-refractivity contribution in [3.8, 4) is 22.9 Å². The summed E-state index contributed by atoms with van der Waals surface area (Å²) in [6, 6.07) is 12.8. The van der Waals surface area contributed by atoms with Gasteiger partial charge in [0.1, 0.15) is 0 Å². The number of para-hydroxylation sites is 1. The van der Waals surface area contributed by atoms with Crippen molar-refractivity contribution in [2.45, 2.75) is 25.7 Å². The SMILES string of the molecule is CCCOc1ccc(-c2noc(C3CC(=O)N(c4ccccc4Cl)C3)n2)cc1OC. The molecule has 2 heterocycles. The Balaban J connectivity index is 1.53. The largest absolute Gasteiger partial charge is 0.493 e. The van der Waals surface area contributed by atoms with Crippen LogP contribution in [0, 0.1) is 0 Å². The van der Waals surface area contributed by atoms with Crippen LogP contribution in [0.5, 0.6) is 11.5 Å². The summed E-state index contributed by atoms with van der Waals surface area (Å²) in [7, 11) is 1.59. The maximum Gasteiger partial charge on any atom is 0.232 e. The molecule has 1 fully saturated rings.